The van der Waals surface area contributed by atoms with Crippen LogP contribution in [0, 0.1) is 0 Å². The average molecular weight is 483 g/mol. The third kappa shape index (κ3) is 4.08. The molecule has 174 valence electrons. The first-order valence-electron chi connectivity index (χ1n) is 9.10. The fraction of sp³-hybridized carbons (Fsp3) is 0.111. The standard InChI is InChI=1S/C18H16F3N7O4S/c19-18(20,21)10-5-4-7(13(15(10)33(23,31)32)16-25-27-28-26-16)9-6-12(17(29)30)24-14-8(9)2-1-3-11(14)22/h1-6,16,25-28H,22H2,(H,29,30)(H2,23,31,32). The number of nitrogens with two attached hydrogens (primary N) is 2. The summed E-state index contributed by atoms with van der Waals surface area (Å²) >= 11 is 0. The maximum atomic E-state index is 13.8. The predicted octanol–water partition coefficient (Wildman–Crippen LogP) is 0.964. The van der Waals surface area contributed by atoms with Crippen LogP contribution in [0.3, 0.4) is 0 Å². The number of hydrogen-bond acceptors (Lipinski definition) is 9. The zero-order chi connectivity index (χ0) is 24.1. The number of carbonyl (C=O) groups is 1. The highest BCUT2D eigenvalue weighted by molar-refractivity contribution is 7.89. The van der Waals surface area contributed by atoms with Crippen LogP contribution in [-0.2, 0) is 16.2 Å². The number of halogens is 3. The topological polar surface area (TPSA) is 184 Å². The van der Waals surface area contributed by atoms with Crippen molar-refractivity contribution in [1.29, 1.82) is 0 Å². The number of nitrogens with zero attached hydrogens (tertiary/aromatic N) is 1. The fourth-order valence-corrected chi connectivity index (χ4v) is 4.68. The molecule has 1 saturated heterocycles. The first-order valence-corrected chi connectivity index (χ1v) is 10.6. The van der Waals surface area contributed by atoms with Gasteiger partial charge in [0.15, 0.2) is 0 Å². The zero-order valence-corrected chi connectivity index (χ0v) is 17.2. The molecule has 0 unspecified atom stereocenters. The molecule has 0 bridgehead atoms. The van der Waals surface area contributed by atoms with Gasteiger partial charge in [-0.3, -0.25) is 0 Å². The van der Waals surface area contributed by atoms with Crippen molar-refractivity contribution in [3.05, 3.63) is 53.2 Å². The van der Waals surface area contributed by atoms with Crippen molar-refractivity contribution < 1.29 is 31.5 Å². The number of aromatic nitrogens is 1. The van der Waals surface area contributed by atoms with Crippen molar-refractivity contribution in [2.45, 2.75) is 17.2 Å². The molecule has 0 aliphatic carbocycles. The minimum absolute atomic E-state index is 0.0389. The molecule has 4 rings (SSSR count). The number of fused-ring (bicyclic) bond motifs is 1. The number of hydrogen-bond donors (Lipinski definition) is 7. The molecule has 2 heterocycles. The first kappa shape index (κ1) is 22.8. The summed E-state index contributed by atoms with van der Waals surface area (Å²) in [6.45, 7) is 0. The Labute approximate surface area is 183 Å². The summed E-state index contributed by atoms with van der Waals surface area (Å²) in [6.07, 6.45) is -6.26. The zero-order valence-electron chi connectivity index (χ0n) is 16.4. The molecule has 0 amide bonds. The summed E-state index contributed by atoms with van der Waals surface area (Å²) in [5.74, 6) is -1.41. The number of para-hydroxylation sites is 1. The van der Waals surface area contributed by atoms with E-state index in [-0.39, 0.29) is 22.3 Å². The van der Waals surface area contributed by atoms with Gasteiger partial charge in [0.1, 0.15) is 16.8 Å². The monoisotopic (exact) mass is 483 g/mol. The smallest absolute Gasteiger partial charge is 0.417 e. The Morgan fingerprint density at radius 3 is 2.33 bits per heavy atom. The van der Waals surface area contributed by atoms with Gasteiger partial charge in [-0.2, -0.15) is 24.2 Å². The van der Waals surface area contributed by atoms with Crippen molar-refractivity contribution in [3.8, 4) is 11.1 Å². The van der Waals surface area contributed by atoms with Gasteiger partial charge in [0.25, 0.3) is 0 Å². The second-order valence-electron chi connectivity index (χ2n) is 7.02. The van der Waals surface area contributed by atoms with Crippen LogP contribution in [0.25, 0.3) is 22.0 Å². The minimum Gasteiger partial charge on any atom is -0.477 e. The molecule has 1 aliphatic heterocycles. The number of pyridine rings is 1. The van der Waals surface area contributed by atoms with E-state index in [9.17, 15) is 31.5 Å². The Morgan fingerprint density at radius 1 is 1.09 bits per heavy atom. The van der Waals surface area contributed by atoms with E-state index in [4.69, 9.17) is 10.9 Å². The molecule has 0 saturated carbocycles. The molecule has 9 N–H and O–H groups in total. The first-order chi connectivity index (χ1) is 15.4. The molecule has 3 aromatic rings. The van der Waals surface area contributed by atoms with Gasteiger partial charge in [-0.05, 0) is 29.3 Å². The van der Waals surface area contributed by atoms with E-state index in [1.54, 1.807) is 6.07 Å². The second-order valence-corrected chi connectivity index (χ2v) is 8.52. The van der Waals surface area contributed by atoms with Crippen LogP contribution in [0.5, 0.6) is 0 Å². The van der Waals surface area contributed by atoms with Gasteiger partial charge in [-0.1, -0.05) is 18.2 Å². The van der Waals surface area contributed by atoms with Crippen LogP contribution in [0.2, 0.25) is 0 Å². The number of rotatable bonds is 4. The molecule has 1 aromatic heterocycles. The molecule has 11 nitrogen and oxygen atoms in total. The summed E-state index contributed by atoms with van der Waals surface area (Å²) < 4.78 is 66.1. The summed E-state index contributed by atoms with van der Waals surface area (Å²) in [5.41, 5.74) is 13.8. The number of aromatic carboxylic acids is 1. The quantitative estimate of drug-likeness (QED) is 0.264. The molecule has 2 aromatic carbocycles. The summed E-state index contributed by atoms with van der Waals surface area (Å²) in [5, 5.41) is 15.0. The van der Waals surface area contributed by atoms with Crippen LogP contribution in [-0.4, -0.2) is 24.5 Å². The number of carboxylic acid groups (broad SMARTS) is 1. The highest BCUT2D eigenvalue weighted by Gasteiger charge is 2.41. The van der Waals surface area contributed by atoms with Gasteiger partial charge in [0.05, 0.1) is 16.8 Å². The Kier molecular flexibility index (Phi) is 5.47. The molecule has 0 spiro atoms. The average Bonchev–Trinajstić information content (AvgIpc) is 3.25. The lowest BCUT2D eigenvalue weighted by molar-refractivity contribution is -0.140. The number of carboxylic acids is 1. The van der Waals surface area contributed by atoms with Gasteiger partial charge in [0, 0.05) is 10.9 Å². The summed E-state index contributed by atoms with van der Waals surface area (Å²) in [6, 6.07) is 7.29. The maximum Gasteiger partial charge on any atom is 0.417 e. The van der Waals surface area contributed by atoms with E-state index in [1.165, 1.54) is 12.1 Å². The highest BCUT2D eigenvalue weighted by Crippen LogP contribution is 2.43. The van der Waals surface area contributed by atoms with E-state index in [0.29, 0.717) is 11.5 Å². The molecular weight excluding hydrogens is 467 g/mol. The lowest BCUT2D eigenvalue weighted by atomic mass is 9.92. The van der Waals surface area contributed by atoms with Crippen molar-refractivity contribution in [2.24, 2.45) is 5.14 Å². The molecule has 1 fully saturated rings. The van der Waals surface area contributed by atoms with Crippen LogP contribution < -0.4 is 32.8 Å². The van der Waals surface area contributed by atoms with E-state index in [0.717, 1.165) is 12.1 Å². The number of alkyl halides is 3. The number of anilines is 1. The van der Waals surface area contributed by atoms with Gasteiger partial charge in [-0.25, -0.2) is 34.2 Å². The predicted molar refractivity (Wildman–Crippen MR) is 110 cm³/mol. The van der Waals surface area contributed by atoms with E-state index in [1.807, 2.05) is 0 Å². The number of nitrogen functional groups attached to an aromatic ring is 1. The maximum absolute atomic E-state index is 13.8. The number of nitrogens with one attached hydrogen (secondary N) is 4. The Hall–Kier alpha value is -3.34. The molecule has 15 heteroatoms. The summed E-state index contributed by atoms with van der Waals surface area (Å²) in [7, 11) is -4.92. The lowest BCUT2D eigenvalue weighted by Crippen LogP contribution is -2.33. The highest BCUT2D eigenvalue weighted by atomic mass is 32.2. The molecule has 0 atom stereocenters. The van der Waals surface area contributed by atoms with Crippen molar-refractivity contribution >= 4 is 32.6 Å². The largest absolute Gasteiger partial charge is 0.477 e. The normalized spacial score (nSPS) is 15.3. The Morgan fingerprint density at radius 2 is 1.76 bits per heavy atom. The van der Waals surface area contributed by atoms with Crippen LogP contribution in [0.1, 0.15) is 27.8 Å². The van der Waals surface area contributed by atoms with Gasteiger partial charge >= 0.3 is 12.1 Å². The molecule has 1 aliphatic rings. The molecular formula is C18H16F3N7O4S. The second kappa shape index (κ2) is 7.91. The van der Waals surface area contributed by atoms with Gasteiger partial charge in [0.2, 0.25) is 10.0 Å². The van der Waals surface area contributed by atoms with Crippen molar-refractivity contribution in [1.82, 2.24) is 26.9 Å². The van der Waals surface area contributed by atoms with Crippen molar-refractivity contribution in [2.75, 3.05) is 5.73 Å². The minimum atomic E-state index is -5.05. The van der Waals surface area contributed by atoms with Gasteiger partial charge < -0.3 is 10.8 Å². The number of benzene rings is 2. The fourth-order valence-electron chi connectivity index (χ4n) is 3.65. The Bertz CT molecular complexity index is 1390. The van der Waals surface area contributed by atoms with Crippen molar-refractivity contribution in [3.63, 3.8) is 0 Å². The van der Waals surface area contributed by atoms with E-state index < -0.39 is 50.1 Å². The van der Waals surface area contributed by atoms with Crippen LogP contribution in [0.4, 0.5) is 18.9 Å². The van der Waals surface area contributed by atoms with Gasteiger partial charge in [-0.15, -0.1) is 0 Å². The molecule has 33 heavy (non-hydrogen) atoms. The van der Waals surface area contributed by atoms with Crippen LogP contribution in [0.15, 0.2) is 41.3 Å². The lowest BCUT2D eigenvalue weighted by Gasteiger charge is -2.23. The third-order valence-electron chi connectivity index (χ3n) is 4.95. The Balaban J connectivity index is 2.19. The van der Waals surface area contributed by atoms with E-state index in [2.05, 4.69) is 26.9 Å². The van der Waals surface area contributed by atoms with Crippen LogP contribution >= 0.6 is 0 Å². The summed E-state index contributed by atoms with van der Waals surface area (Å²) in [4.78, 5) is 14.5. The molecule has 0 radical (unpaired) electrons. The number of sulfonamides is 1. The third-order valence-corrected chi connectivity index (χ3v) is 5.96. The SMILES string of the molecule is Nc1cccc2c(-c3ccc(C(F)(F)F)c(S(N)(=O)=O)c3C3NNNN3)cc(C(=O)O)nc12. The van der Waals surface area contributed by atoms with E-state index >= 15 is 0 Å². The number of primary sulfonamides is 1. The number of hydrazine groups is 3.